The number of allylic oxidation sites excluding steroid dienone is 1. The zero-order chi connectivity index (χ0) is 20.8. The molecule has 0 N–H and O–H groups in total. The van der Waals surface area contributed by atoms with Crippen molar-refractivity contribution < 1.29 is 28.6 Å². The van der Waals surface area contributed by atoms with Gasteiger partial charge in [-0.25, -0.2) is 0 Å². The van der Waals surface area contributed by atoms with Gasteiger partial charge < -0.3 is 14.2 Å². The van der Waals surface area contributed by atoms with Gasteiger partial charge in [0.15, 0.2) is 5.92 Å². The van der Waals surface area contributed by atoms with Crippen molar-refractivity contribution in [1.82, 2.24) is 0 Å². The zero-order valence-electron chi connectivity index (χ0n) is 16.6. The Kier molecular flexibility index (Phi) is 11.7. The van der Waals surface area contributed by atoms with Gasteiger partial charge in [0.1, 0.15) is 6.61 Å². The molecule has 154 valence electrons. The maximum absolute atomic E-state index is 11.8. The number of benzene rings is 1. The number of carbonyl (C=O) groups excluding carboxylic acids is 3. The molecule has 0 aliphatic rings. The van der Waals surface area contributed by atoms with Gasteiger partial charge >= 0.3 is 17.9 Å². The number of carbonyl (C=O) groups is 3. The van der Waals surface area contributed by atoms with Crippen molar-refractivity contribution in [2.75, 3.05) is 26.6 Å². The van der Waals surface area contributed by atoms with Crippen molar-refractivity contribution in [1.29, 1.82) is 0 Å². The first-order valence-corrected chi connectivity index (χ1v) is 10.2. The highest BCUT2D eigenvalue weighted by Crippen LogP contribution is 2.18. The molecule has 0 bridgehead atoms. The smallest absolute Gasteiger partial charge is 0.320 e. The molecule has 1 rings (SSSR count). The van der Waals surface area contributed by atoms with Crippen LogP contribution in [0.1, 0.15) is 31.7 Å². The number of hydrogen-bond donors (Lipinski definition) is 0. The van der Waals surface area contributed by atoms with Crippen LogP contribution in [0.2, 0.25) is 0 Å². The molecule has 1 aromatic carbocycles. The van der Waals surface area contributed by atoms with Crippen LogP contribution in [0, 0.1) is 5.92 Å². The molecule has 0 unspecified atom stereocenters. The molecule has 0 fully saturated rings. The lowest BCUT2D eigenvalue weighted by atomic mass is 9.99. The van der Waals surface area contributed by atoms with E-state index in [-0.39, 0.29) is 19.0 Å². The average molecular weight is 409 g/mol. The molecule has 7 heteroatoms. The van der Waals surface area contributed by atoms with Crippen LogP contribution in [0.15, 0.2) is 42.0 Å². The molecule has 0 saturated carbocycles. The summed E-state index contributed by atoms with van der Waals surface area (Å²) in [7, 11) is 2.47. The summed E-state index contributed by atoms with van der Waals surface area (Å²) in [6.45, 7) is 1.49. The molecule has 0 saturated heterocycles. The predicted octanol–water partition coefficient (Wildman–Crippen LogP) is 3.54. The molecule has 0 heterocycles. The molecule has 0 spiro atoms. The minimum atomic E-state index is -0.983. The maximum atomic E-state index is 11.8. The topological polar surface area (TPSA) is 78.9 Å². The summed E-state index contributed by atoms with van der Waals surface area (Å²) in [6, 6.07) is 10.2. The van der Waals surface area contributed by atoms with Crippen LogP contribution in [0.4, 0.5) is 0 Å². The normalized spacial score (nSPS) is 11.2. The molecule has 0 radical (unpaired) electrons. The second-order valence-electron chi connectivity index (χ2n) is 6.11. The van der Waals surface area contributed by atoms with Gasteiger partial charge in [-0.05, 0) is 36.2 Å². The van der Waals surface area contributed by atoms with E-state index >= 15 is 0 Å². The van der Waals surface area contributed by atoms with Gasteiger partial charge in [0.05, 0.1) is 14.2 Å². The molecule has 0 atom stereocenters. The highest BCUT2D eigenvalue weighted by atomic mass is 32.2. The quantitative estimate of drug-likeness (QED) is 0.172. The Bertz CT molecular complexity index is 640. The molecule has 6 nitrogen and oxygen atoms in total. The van der Waals surface area contributed by atoms with Crippen LogP contribution in [-0.4, -0.2) is 44.5 Å². The van der Waals surface area contributed by atoms with E-state index in [4.69, 9.17) is 4.74 Å². The minimum absolute atomic E-state index is 0.147. The zero-order valence-corrected chi connectivity index (χ0v) is 17.5. The summed E-state index contributed by atoms with van der Waals surface area (Å²) < 4.78 is 14.4. The Morgan fingerprint density at radius 1 is 1.07 bits per heavy atom. The van der Waals surface area contributed by atoms with E-state index in [1.807, 2.05) is 36.0 Å². The Labute approximate surface area is 170 Å². The Balaban J connectivity index is 2.57. The average Bonchev–Trinajstić information content (AvgIpc) is 2.71. The summed E-state index contributed by atoms with van der Waals surface area (Å²) in [5, 5.41) is 0. The lowest BCUT2D eigenvalue weighted by molar-refractivity contribution is -0.159. The number of thioether (sulfide) groups is 1. The van der Waals surface area contributed by atoms with E-state index in [0.29, 0.717) is 6.42 Å². The SMILES string of the molecule is COC(=O)C(CC/C(=C\CCSCc1ccccc1)COC(C)=O)C(=O)OC. The van der Waals surface area contributed by atoms with Crippen LogP contribution >= 0.6 is 11.8 Å². The molecule has 0 aliphatic heterocycles. The Morgan fingerprint density at radius 2 is 1.71 bits per heavy atom. The largest absolute Gasteiger partial charge is 0.468 e. The molecular formula is C21H28O6S. The number of hydrogen-bond acceptors (Lipinski definition) is 7. The predicted molar refractivity (Wildman–Crippen MR) is 109 cm³/mol. The van der Waals surface area contributed by atoms with Crippen molar-refractivity contribution in [2.45, 2.75) is 31.9 Å². The van der Waals surface area contributed by atoms with Crippen molar-refractivity contribution in [2.24, 2.45) is 5.92 Å². The first kappa shape index (κ1) is 23.8. The van der Waals surface area contributed by atoms with Gasteiger partial charge in [-0.3, -0.25) is 14.4 Å². The highest BCUT2D eigenvalue weighted by molar-refractivity contribution is 7.98. The highest BCUT2D eigenvalue weighted by Gasteiger charge is 2.28. The summed E-state index contributed by atoms with van der Waals surface area (Å²) in [5.74, 6) is -0.768. The third-order valence-electron chi connectivity index (χ3n) is 3.99. The second kappa shape index (κ2) is 13.8. The van der Waals surface area contributed by atoms with Gasteiger partial charge in [-0.15, -0.1) is 0 Å². The Morgan fingerprint density at radius 3 is 2.29 bits per heavy atom. The van der Waals surface area contributed by atoms with Crippen molar-refractivity contribution in [3.8, 4) is 0 Å². The van der Waals surface area contributed by atoms with Crippen LogP contribution < -0.4 is 0 Å². The van der Waals surface area contributed by atoms with Gasteiger partial charge in [0.25, 0.3) is 0 Å². The van der Waals surface area contributed by atoms with E-state index in [1.54, 1.807) is 0 Å². The summed E-state index contributed by atoms with van der Waals surface area (Å²) in [5.41, 5.74) is 2.14. The number of methoxy groups -OCH3 is 2. The molecule has 0 aromatic heterocycles. The lowest BCUT2D eigenvalue weighted by Crippen LogP contribution is -2.26. The molecule has 0 aliphatic carbocycles. The van der Waals surface area contributed by atoms with E-state index < -0.39 is 17.9 Å². The fourth-order valence-corrected chi connectivity index (χ4v) is 3.34. The molecular weight excluding hydrogens is 380 g/mol. The van der Waals surface area contributed by atoms with E-state index in [2.05, 4.69) is 21.6 Å². The van der Waals surface area contributed by atoms with Crippen LogP contribution in [0.5, 0.6) is 0 Å². The van der Waals surface area contributed by atoms with Crippen LogP contribution in [0.25, 0.3) is 0 Å². The van der Waals surface area contributed by atoms with E-state index in [1.165, 1.54) is 26.7 Å². The fraction of sp³-hybridized carbons (Fsp3) is 0.476. The minimum Gasteiger partial charge on any atom is -0.468 e. The number of ether oxygens (including phenoxy) is 3. The molecule has 0 amide bonds. The third-order valence-corrected chi connectivity index (χ3v) is 5.05. The van der Waals surface area contributed by atoms with Crippen molar-refractivity contribution in [3.63, 3.8) is 0 Å². The Hall–Kier alpha value is -2.28. The summed E-state index contributed by atoms with van der Waals surface area (Å²) in [6.07, 6.45) is 3.48. The molecule has 1 aromatic rings. The monoisotopic (exact) mass is 408 g/mol. The molecule has 28 heavy (non-hydrogen) atoms. The van der Waals surface area contributed by atoms with E-state index in [0.717, 1.165) is 23.5 Å². The van der Waals surface area contributed by atoms with Gasteiger partial charge in [0.2, 0.25) is 0 Å². The van der Waals surface area contributed by atoms with Gasteiger partial charge in [0, 0.05) is 12.7 Å². The fourth-order valence-electron chi connectivity index (χ4n) is 2.48. The first-order chi connectivity index (χ1) is 13.5. The van der Waals surface area contributed by atoms with Crippen LogP contribution in [0.3, 0.4) is 0 Å². The van der Waals surface area contributed by atoms with Crippen molar-refractivity contribution >= 4 is 29.7 Å². The van der Waals surface area contributed by atoms with Gasteiger partial charge in [-0.1, -0.05) is 36.4 Å². The lowest BCUT2D eigenvalue weighted by Gasteiger charge is -2.14. The number of esters is 3. The summed E-state index contributed by atoms with van der Waals surface area (Å²) >= 11 is 1.81. The van der Waals surface area contributed by atoms with E-state index in [9.17, 15) is 14.4 Å². The van der Waals surface area contributed by atoms with Crippen molar-refractivity contribution in [3.05, 3.63) is 47.5 Å². The second-order valence-corrected chi connectivity index (χ2v) is 7.21. The first-order valence-electron chi connectivity index (χ1n) is 9.06. The maximum Gasteiger partial charge on any atom is 0.320 e. The van der Waals surface area contributed by atoms with Gasteiger partial charge in [-0.2, -0.15) is 11.8 Å². The third kappa shape index (κ3) is 9.60. The number of rotatable bonds is 12. The standard InChI is InChI=1S/C21H28O6S/c1-16(22)27-14-17(11-12-19(20(23)25-2)21(24)26-3)10-7-13-28-15-18-8-5-4-6-9-18/h4-6,8-10,19H,7,11-15H2,1-3H3/b17-10+. The summed E-state index contributed by atoms with van der Waals surface area (Å²) in [4.78, 5) is 34.7. The van der Waals surface area contributed by atoms with Crippen LogP contribution in [-0.2, 0) is 34.3 Å².